The molecule has 0 spiro atoms. The number of nitrogens with zero attached hydrogens (tertiary/aromatic N) is 2. The second-order valence-electron chi connectivity index (χ2n) is 9.47. The van der Waals surface area contributed by atoms with Crippen LogP contribution in [0.1, 0.15) is 59.8 Å². The van der Waals surface area contributed by atoms with E-state index >= 15 is 0 Å². The Morgan fingerprint density at radius 2 is 1.69 bits per heavy atom. The Balaban J connectivity index is 1.59. The quantitative estimate of drug-likeness (QED) is 0.557. The fourth-order valence-electron chi connectivity index (χ4n) is 5.53. The number of carbonyl (C=O) groups is 3. The van der Waals surface area contributed by atoms with Crippen LogP contribution in [0, 0.1) is 16.7 Å². The summed E-state index contributed by atoms with van der Waals surface area (Å²) in [5.74, 6) is -1.10. The smallest absolute Gasteiger partial charge is 0.312 e. The SMILES string of the molecule is CCOC(=O)C1CCN(C(=O)C(=O)N2CC3(C)CC2CC(C)(C)C3)CC1. The number of piperidine rings is 1. The molecule has 2 heterocycles. The van der Waals surface area contributed by atoms with E-state index in [-0.39, 0.29) is 34.7 Å². The highest BCUT2D eigenvalue weighted by Crippen LogP contribution is 2.52. The summed E-state index contributed by atoms with van der Waals surface area (Å²) >= 11 is 0. The summed E-state index contributed by atoms with van der Waals surface area (Å²) in [4.78, 5) is 40.9. The van der Waals surface area contributed by atoms with Crippen LogP contribution in [0.2, 0.25) is 0 Å². The monoisotopic (exact) mass is 364 g/mol. The van der Waals surface area contributed by atoms with Gasteiger partial charge in [0.25, 0.3) is 0 Å². The number of ether oxygens (including phenoxy) is 1. The number of fused-ring (bicyclic) bond motifs is 2. The predicted molar refractivity (Wildman–Crippen MR) is 97.2 cm³/mol. The molecule has 0 aromatic heterocycles. The number of amides is 2. The molecule has 1 aliphatic carbocycles. The Kier molecular flexibility index (Phi) is 5.06. The van der Waals surface area contributed by atoms with E-state index in [1.807, 2.05) is 4.90 Å². The molecule has 2 amide bonds. The summed E-state index contributed by atoms with van der Waals surface area (Å²) in [7, 11) is 0. The summed E-state index contributed by atoms with van der Waals surface area (Å²) in [6.45, 7) is 10.5. The van der Waals surface area contributed by atoms with Crippen molar-refractivity contribution in [2.45, 2.75) is 65.8 Å². The van der Waals surface area contributed by atoms with Crippen molar-refractivity contribution in [1.82, 2.24) is 9.80 Å². The van der Waals surface area contributed by atoms with E-state index in [2.05, 4.69) is 20.8 Å². The molecule has 6 nitrogen and oxygen atoms in total. The van der Waals surface area contributed by atoms with Crippen molar-refractivity contribution >= 4 is 17.8 Å². The summed E-state index contributed by atoms with van der Waals surface area (Å²) < 4.78 is 5.07. The van der Waals surface area contributed by atoms with E-state index in [1.54, 1.807) is 11.8 Å². The first-order chi connectivity index (χ1) is 12.1. The van der Waals surface area contributed by atoms with E-state index in [0.717, 1.165) is 19.3 Å². The molecular weight excluding hydrogens is 332 g/mol. The van der Waals surface area contributed by atoms with Crippen molar-refractivity contribution in [2.75, 3.05) is 26.2 Å². The van der Waals surface area contributed by atoms with E-state index in [9.17, 15) is 14.4 Å². The zero-order valence-electron chi connectivity index (χ0n) is 16.5. The molecule has 2 aliphatic heterocycles. The zero-order chi connectivity index (χ0) is 19.1. The third-order valence-electron chi connectivity index (χ3n) is 6.26. The van der Waals surface area contributed by atoms with Gasteiger partial charge in [-0.25, -0.2) is 0 Å². The number of carbonyl (C=O) groups excluding carboxylic acids is 3. The fourth-order valence-corrected chi connectivity index (χ4v) is 5.53. The van der Waals surface area contributed by atoms with Crippen molar-refractivity contribution in [3.05, 3.63) is 0 Å². The molecule has 2 atom stereocenters. The van der Waals surface area contributed by atoms with Crippen LogP contribution in [-0.2, 0) is 19.1 Å². The lowest BCUT2D eigenvalue weighted by atomic mass is 9.65. The minimum absolute atomic E-state index is 0.124. The summed E-state index contributed by atoms with van der Waals surface area (Å²) in [6.07, 6.45) is 4.21. The Morgan fingerprint density at radius 3 is 2.31 bits per heavy atom. The lowest BCUT2D eigenvalue weighted by molar-refractivity contribution is -0.156. The van der Waals surface area contributed by atoms with Gasteiger partial charge in [-0.15, -0.1) is 0 Å². The van der Waals surface area contributed by atoms with Gasteiger partial charge >= 0.3 is 17.8 Å². The molecule has 2 bridgehead atoms. The van der Waals surface area contributed by atoms with Crippen molar-refractivity contribution in [1.29, 1.82) is 0 Å². The van der Waals surface area contributed by atoms with Crippen LogP contribution in [0.5, 0.6) is 0 Å². The molecule has 3 aliphatic rings. The molecular formula is C20H32N2O4. The second-order valence-corrected chi connectivity index (χ2v) is 9.47. The van der Waals surface area contributed by atoms with E-state index in [1.165, 1.54) is 0 Å². The van der Waals surface area contributed by atoms with E-state index < -0.39 is 5.91 Å². The first-order valence-electron chi connectivity index (χ1n) is 9.91. The maximum absolute atomic E-state index is 12.9. The lowest BCUT2D eigenvalue weighted by Gasteiger charge is -2.39. The van der Waals surface area contributed by atoms with Gasteiger partial charge in [-0.3, -0.25) is 14.4 Å². The minimum atomic E-state index is -0.402. The maximum atomic E-state index is 12.9. The predicted octanol–water partition coefficient (Wildman–Crippen LogP) is 2.22. The normalized spacial score (nSPS) is 31.0. The van der Waals surface area contributed by atoms with Crippen LogP contribution >= 0.6 is 0 Å². The molecule has 0 N–H and O–H groups in total. The standard InChI is InChI=1S/C20H32N2O4/c1-5-26-18(25)14-6-8-21(9-7-14)16(23)17(24)22-13-20(4)11-15(22)10-19(2,3)12-20/h14-15H,5-13H2,1-4H3. The summed E-state index contributed by atoms with van der Waals surface area (Å²) in [5.41, 5.74) is 0.340. The van der Waals surface area contributed by atoms with Crippen LogP contribution in [0.25, 0.3) is 0 Å². The molecule has 0 aromatic carbocycles. The molecule has 146 valence electrons. The number of esters is 1. The average Bonchev–Trinajstić information content (AvgIpc) is 2.82. The van der Waals surface area contributed by atoms with Gasteiger partial charge in [0.15, 0.2) is 0 Å². The zero-order valence-corrected chi connectivity index (χ0v) is 16.5. The van der Waals surface area contributed by atoms with Crippen molar-refractivity contribution < 1.29 is 19.1 Å². The third-order valence-corrected chi connectivity index (χ3v) is 6.26. The molecule has 6 heteroatoms. The molecule has 3 rings (SSSR count). The van der Waals surface area contributed by atoms with Crippen molar-refractivity contribution in [2.24, 2.45) is 16.7 Å². The molecule has 0 radical (unpaired) electrons. The number of likely N-dealkylation sites (tertiary alicyclic amines) is 2. The highest BCUT2D eigenvalue weighted by Gasteiger charge is 2.52. The minimum Gasteiger partial charge on any atom is -0.466 e. The van der Waals surface area contributed by atoms with Gasteiger partial charge in [-0.2, -0.15) is 0 Å². The average molecular weight is 364 g/mol. The molecule has 3 fully saturated rings. The Bertz CT molecular complexity index is 595. The molecule has 2 saturated heterocycles. The van der Waals surface area contributed by atoms with Crippen LogP contribution in [0.15, 0.2) is 0 Å². The van der Waals surface area contributed by atoms with Crippen LogP contribution in [0.3, 0.4) is 0 Å². The van der Waals surface area contributed by atoms with Crippen molar-refractivity contribution in [3.8, 4) is 0 Å². The molecule has 1 saturated carbocycles. The van der Waals surface area contributed by atoms with Gasteiger partial charge in [-0.1, -0.05) is 20.8 Å². The lowest BCUT2D eigenvalue weighted by Crippen LogP contribution is -2.50. The number of hydrogen-bond acceptors (Lipinski definition) is 4. The highest BCUT2D eigenvalue weighted by molar-refractivity contribution is 6.35. The topological polar surface area (TPSA) is 66.9 Å². The van der Waals surface area contributed by atoms with Crippen LogP contribution in [0.4, 0.5) is 0 Å². The Hall–Kier alpha value is -1.59. The van der Waals surface area contributed by atoms with Gasteiger partial charge in [0.05, 0.1) is 12.5 Å². The van der Waals surface area contributed by atoms with E-state index in [0.29, 0.717) is 39.1 Å². The van der Waals surface area contributed by atoms with Gasteiger partial charge < -0.3 is 14.5 Å². The largest absolute Gasteiger partial charge is 0.466 e. The first-order valence-corrected chi connectivity index (χ1v) is 9.91. The Morgan fingerprint density at radius 1 is 1.04 bits per heavy atom. The van der Waals surface area contributed by atoms with Crippen LogP contribution < -0.4 is 0 Å². The third kappa shape index (κ3) is 3.74. The fraction of sp³-hybridized carbons (Fsp3) is 0.850. The van der Waals surface area contributed by atoms with Gasteiger partial charge in [0, 0.05) is 25.7 Å². The molecule has 0 aromatic rings. The van der Waals surface area contributed by atoms with Gasteiger partial charge in [-0.05, 0) is 49.9 Å². The van der Waals surface area contributed by atoms with Crippen LogP contribution in [-0.4, -0.2) is 59.9 Å². The summed E-state index contributed by atoms with van der Waals surface area (Å²) in [6, 6.07) is 0.178. The summed E-state index contributed by atoms with van der Waals surface area (Å²) in [5, 5.41) is 0. The van der Waals surface area contributed by atoms with Crippen molar-refractivity contribution in [3.63, 3.8) is 0 Å². The Labute approximate surface area is 156 Å². The molecule has 26 heavy (non-hydrogen) atoms. The van der Waals surface area contributed by atoms with Gasteiger partial charge in [0.1, 0.15) is 0 Å². The number of rotatable bonds is 2. The highest BCUT2D eigenvalue weighted by atomic mass is 16.5. The first kappa shape index (κ1) is 19.2. The van der Waals surface area contributed by atoms with Gasteiger partial charge in [0.2, 0.25) is 0 Å². The molecule has 2 unspecified atom stereocenters. The van der Waals surface area contributed by atoms with E-state index in [4.69, 9.17) is 4.74 Å². The maximum Gasteiger partial charge on any atom is 0.312 e. The second kappa shape index (κ2) is 6.86. The number of hydrogen-bond donors (Lipinski definition) is 0.